The number of fused-ring (bicyclic) bond motifs is 1. The SMILES string of the molecule is O=C(O)C1CCNc2c(Cl)ccc(Cl)c21. The van der Waals surface area contributed by atoms with Crippen LogP contribution in [0.15, 0.2) is 12.1 Å². The highest BCUT2D eigenvalue weighted by Crippen LogP contribution is 2.41. The molecule has 0 amide bonds. The first-order chi connectivity index (χ1) is 7.11. The van der Waals surface area contributed by atoms with Gasteiger partial charge >= 0.3 is 5.97 Å². The molecule has 2 rings (SSSR count). The molecule has 0 aliphatic carbocycles. The second kappa shape index (κ2) is 3.91. The Morgan fingerprint density at radius 1 is 1.40 bits per heavy atom. The lowest BCUT2D eigenvalue weighted by molar-refractivity contribution is -0.138. The van der Waals surface area contributed by atoms with Gasteiger partial charge in [-0.3, -0.25) is 4.79 Å². The van der Waals surface area contributed by atoms with Crippen molar-refractivity contribution in [2.75, 3.05) is 11.9 Å². The molecule has 3 nitrogen and oxygen atoms in total. The number of carboxylic acid groups (broad SMARTS) is 1. The Bertz CT molecular complexity index is 420. The van der Waals surface area contributed by atoms with Gasteiger partial charge in [0.25, 0.3) is 0 Å². The average molecular weight is 246 g/mol. The van der Waals surface area contributed by atoms with Crippen molar-refractivity contribution in [2.45, 2.75) is 12.3 Å². The molecule has 2 N–H and O–H groups in total. The van der Waals surface area contributed by atoms with Crippen LogP contribution in [-0.2, 0) is 4.79 Å². The number of hydrogen-bond donors (Lipinski definition) is 2. The molecule has 1 atom stereocenters. The molecule has 80 valence electrons. The van der Waals surface area contributed by atoms with Gasteiger partial charge in [0.05, 0.1) is 16.6 Å². The molecule has 0 bridgehead atoms. The van der Waals surface area contributed by atoms with Crippen LogP contribution in [0.4, 0.5) is 5.69 Å². The predicted molar refractivity (Wildman–Crippen MR) is 59.9 cm³/mol. The van der Waals surface area contributed by atoms with Crippen LogP contribution in [-0.4, -0.2) is 17.6 Å². The number of carbonyl (C=O) groups is 1. The first kappa shape index (κ1) is 10.6. The third-order valence-corrected chi connectivity index (χ3v) is 3.17. The number of halogens is 2. The number of rotatable bonds is 1. The summed E-state index contributed by atoms with van der Waals surface area (Å²) in [6.45, 7) is 0.601. The van der Waals surface area contributed by atoms with Gasteiger partial charge in [-0.2, -0.15) is 0 Å². The number of benzene rings is 1. The summed E-state index contributed by atoms with van der Waals surface area (Å²) in [4.78, 5) is 11.1. The number of aliphatic carboxylic acids is 1. The van der Waals surface area contributed by atoms with E-state index >= 15 is 0 Å². The molecule has 1 unspecified atom stereocenters. The van der Waals surface area contributed by atoms with Crippen molar-refractivity contribution in [2.24, 2.45) is 0 Å². The van der Waals surface area contributed by atoms with Gasteiger partial charge in [-0.25, -0.2) is 0 Å². The minimum absolute atomic E-state index is 0.453. The van der Waals surface area contributed by atoms with E-state index in [2.05, 4.69) is 5.32 Å². The third-order valence-electron chi connectivity index (χ3n) is 2.52. The van der Waals surface area contributed by atoms with Gasteiger partial charge in [0.15, 0.2) is 0 Å². The van der Waals surface area contributed by atoms with Crippen molar-refractivity contribution < 1.29 is 9.90 Å². The zero-order valence-corrected chi connectivity index (χ0v) is 9.27. The molecule has 0 fully saturated rings. The van der Waals surface area contributed by atoms with E-state index in [1.165, 1.54) is 0 Å². The minimum atomic E-state index is -0.859. The number of anilines is 1. The van der Waals surface area contributed by atoms with Crippen molar-refractivity contribution in [3.05, 3.63) is 27.7 Å². The average Bonchev–Trinajstić information content (AvgIpc) is 2.23. The lowest BCUT2D eigenvalue weighted by atomic mass is 9.91. The Kier molecular flexibility index (Phi) is 2.76. The molecule has 0 spiro atoms. The quantitative estimate of drug-likeness (QED) is 0.800. The maximum Gasteiger partial charge on any atom is 0.311 e. The molecular weight excluding hydrogens is 237 g/mol. The van der Waals surface area contributed by atoms with E-state index in [1.54, 1.807) is 12.1 Å². The highest BCUT2D eigenvalue weighted by atomic mass is 35.5. The summed E-state index contributed by atoms with van der Waals surface area (Å²) in [7, 11) is 0. The van der Waals surface area contributed by atoms with E-state index in [9.17, 15) is 4.79 Å². The first-order valence-electron chi connectivity index (χ1n) is 4.56. The van der Waals surface area contributed by atoms with Crippen LogP contribution in [0.1, 0.15) is 17.9 Å². The zero-order chi connectivity index (χ0) is 11.0. The van der Waals surface area contributed by atoms with Crippen molar-refractivity contribution >= 4 is 34.9 Å². The van der Waals surface area contributed by atoms with E-state index in [0.717, 1.165) is 0 Å². The van der Waals surface area contributed by atoms with Crippen LogP contribution in [0, 0.1) is 0 Å². The summed E-state index contributed by atoms with van der Waals surface area (Å²) in [5, 5.41) is 13.1. The fourth-order valence-corrected chi connectivity index (χ4v) is 2.34. The second-order valence-electron chi connectivity index (χ2n) is 3.42. The second-order valence-corrected chi connectivity index (χ2v) is 4.24. The molecule has 0 aromatic heterocycles. The van der Waals surface area contributed by atoms with Gasteiger partial charge in [0, 0.05) is 17.1 Å². The topological polar surface area (TPSA) is 49.3 Å². The summed E-state index contributed by atoms with van der Waals surface area (Å²) in [6.07, 6.45) is 0.530. The molecule has 1 aliphatic rings. The Morgan fingerprint density at radius 2 is 2.07 bits per heavy atom. The van der Waals surface area contributed by atoms with Gasteiger partial charge in [0.2, 0.25) is 0 Å². The Morgan fingerprint density at radius 3 is 2.73 bits per heavy atom. The van der Waals surface area contributed by atoms with E-state index in [0.29, 0.717) is 34.3 Å². The van der Waals surface area contributed by atoms with Crippen LogP contribution >= 0.6 is 23.2 Å². The van der Waals surface area contributed by atoms with E-state index in [-0.39, 0.29) is 0 Å². The maximum atomic E-state index is 11.1. The van der Waals surface area contributed by atoms with Crippen molar-refractivity contribution in [1.82, 2.24) is 0 Å². The van der Waals surface area contributed by atoms with Crippen LogP contribution < -0.4 is 5.32 Å². The number of carboxylic acids is 1. The monoisotopic (exact) mass is 245 g/mol. The molecule has 1 aromatic rings. The summed E-state index contributed by atoms with van der Waals surface area (Å²) in [5.41, 5.74) is 1.26. The zero-order valence-electron chi connectivity index (χ0n) is 7.76. The van der Waals surface area contributed by atoms with Gasteiger partial charge in [-0.1, -0.05) is 23.2 Å². The maximum absolute atomic E-state index is 11.1. The highest BCUT2D eigenvalue weighted by Gasteiger charge is 2.29. The smallest absolute Gasteiger partial charge is 0.311 e. The molecule has 0 saturated heterocycles. The summed E-state index contributed by atoms with van der Waals surface area (Å²) < 4.78 is 0. The van der Waals surface area contributed by atoms with Crippen LogP contribution in [0.5, 0.6) is 0 Å². The molecule has 1 aliphatic heterocycles. The van der Waals surface area contributed by atoms with Gasteiger partial charge in [0.1, 0.15) is 0 Å². The molecule has 0 saturated carbocycles. The van der Waals surface area contributed by atoms with Crippen LogP contribution in [0.3, 0.4) is 0 Å². The minimum Gasteiger partial charge on any atom is -0.481 e. The van der Waals surface area contributed by atoms with Crippen molar-refractivity contribution in [3.8, 4) is 0 Å². The summed E-state index contributed by atoms with van der Waals surface area (Å²) in [5.74, 6) is -1.42. The van der Waals surface area contributed by atoms with Crippen molar-refractivity contribution in [3.63, 3.8) is 0 Å². The molecule has 5 heteroatoms. The lowest BCUT2D eigenvalue weighted by Crippen LogP contribution is -2.23. The molecule has 15 heavy (non-hydrogen) atoms. The third kappa shape index (κ3) is 1.77. The largest absolute Gasteiger partial charge is 0.481 e. The normalized spacial score (nSPS) is 19.2. The van der Waals surface area contributed by atoms with Gasteiger partial charge < -0.3 is 10.4 Å². The Hall–Kier alpha value is -0.930. The fraction of sp³-hybridized carbons (Fsp3) is 0.300. The number of hydrogen-bond acceptors (Lipinski definition) is 2. The molecule has 0 radical (unpaired) electrons. The van der Waals surface area contributed by atoms with Crippen molar-refractivity contribution in [1.29, 1.82) is 0 Å². The van der Waals surface area contributed by atoms with Crippen LogP contribution in [0.25, 0.3) is 0 Å². The summed E-state index contributed by atoms with van der Waals surface area (Å²) >= 11 is 12.0. The van der Waals surface area contributed by atoms with E-state index < -0.39 is 11.9 Å². The fourth-order valence-electron chi connectivity index (χ4n) is 1.82. The number of nitrogens with one attached hydrogen (secondary N) is 1. The molecule has 1 heterocycles. The lowest BCUT2D eigenvalue weighted by Gasteiger charge is -2.25. The first-order valence-corrected chi connectivity index (χ1v) is 5.31. The predicted octanol–water partition coefficient (Wildman–Crippen LogP) is 2.98. The molecule has 1 aromatic carbocycles. The summed E-state index contributed by atoms with van der Waals surface area (Å²) in [6, 6.07) is 3.30. The van der Waals surface area contributed by atoms with Gasteiger partial charge in [-0.15, -0.1) is 0 Å². The van der Waals surface area contributed by atoms with E-state index in [1.807, 2.05) is 0 Å². The Balaban J connectivity index is 2.59. The Labute approximate surface area is 97.0 Å². The van der Waals surface area contributed by atoms with Crippen LogP contribution in [0.2, 0.25) is 10.0 Å². The van der Waals surface area contributed by atoms with E-state index in [4.69, 9.17) is 28.3 Å². The van der Waals surface area contributed by atoms with Gasteiger partial charge in [-0.05, 0) is 18.6 Å². The standard InChI is InChI=1S/C10H9Cl2NO2/c11-6-1-2-7(12)9-8(6)5(10(14)15)3-4-13-9/h1-2,5,13H,3-4H2,(H,14,15). The molecular formula is C10H9Cl2NO2. The highest BCUT2D eigenvalue weighted by molar-refractivity contribution is 6.36.